The Balaban J connectivity index is 0.00000288. The molecular formula is C16H27ClN4O3. The van der Waals surface area contributed by atoms with Gasteiger partial charge in [0.2, 0.25) is 0 Å². The zero-order valence-corrected chi connectivity index (χ0v) is 15.1. The van der Waals surface area contributed by atoms with Crippen LogP contribution in [0.3, 0.4) is 0 Å². The van der Waals surface area contributed by atoms with Gasteiger partial charge in [-0.05, 0) is 45.7 Å². The van der Waals surface area contributed by atoms with Gasteiger partial charge in [0.25, 0.3) is 5.91 Å². The van der Waals surface area contributed by atoms with Crippen molar-refractivity contribution in [1.29, 1.82) is 0 Å². The number of ether oxygens (including phenoxy) is 1. The lowest BCUT2D eigenvalue weighted by Gasteiger charge is -2.22. The Kier molecular flexibility index (Phi) is 8.78. The van der Waals surface area contributed by atoms with Crippen LogP contribution in [-0.4, -0.2) is 47.4 Å². The highest BCUT2D eigenvalue weighted by Crippen LogP contribution is 2.15. The molecule has 8 heteroatoms. The van der Waals surface area contributed by atoms with Crippen molar-refractivity contribution >= 4 is 24.3 Å². The highest BCUT2D eigenvalue weighted by atomic mass is 35.5. The van der Waals surface area contributed by atoms with Gasteiger partial charge in [-0.15, -0.1) is 12.4 Å². The van der Waals surface area contributed by atoms with E-state index in [-0.39, 0.29) is 30.3 Å². The standard InChI is InChI=1S/C16H26N4O3.ClH/c1-3-23-15(21)7-6-12(2)18-16(22)14-8-10-20(19-14)13-5-4-9-17-11-13;/h8,10,12-13,17H,3-7,9,11H2,1-2H3,(H,18,22);1H. The van der Waals surface area contributed by atoms with E-state index < -0.39 is 0 Å². The summed E-state index contributed by atoms with van der Waals surface area (Å²) in [6.45, 7) is 5.97. The summed E-state index contributed by atoms with van der Waals surface area (Å²) in [5.74, 6) is -0.438. The van der Waals surface area contributed by atoms with Gasteiger partial charge >= 0.3 is 5.97 Å². The quantitative estimate of drug-likeness (QED) is 0.724. The number of hydrogen-bond donors (Lipinski definition) is 2. The Morgan fingerprint density at radius 1 is 1.54 bits per heavy atom. The fourth-order valence-corrected chi connectivity index (χ4v) is 2.66. The van der Waals surface area contributed by atoms with Gasteiger partial charge in [-0.3, -0.25) is 14.3 Å². The summed E-state index contributed by atoms with van der Waals surface area (Å²) in [5.41, 5.74) is 0.415. The molecule has 1 saturated heterocycles. The number of amides is 1. The van der Waals surface area contributed by atoms with Crippen molar-refractivity contribution < 1.29 is 14.3 Å². The largest absolute Gasteiger partial charge is 0.466 e. The number of rotatable bonds is 7. The summed E-state index contributed by atoms with van der Waals surface area (Å²) < 4.78 is 6.74. The molecule has 1 aliphatic heterocycles. The molecule has 2 N–H and O–H groups in total. The van der Waals surface area contributed by atoms with Crippen molar-refractivity contribution in [3.63, 3.8) is 0 Å². The van der Waals surface area contributed by atoms with Crippen LogP contribution in [0.5, 0.6) is 0 Å². The van der Waals surface area contributed by atoms with Crippen LogP contribution in [0, 0.1) is 0 Å². The molecule has 1 fully saturated rings. The third kappa shape index (κ3) is 6.13. The Bertz CT molecular complexity index is 529. The number of hydrogen-bond acceptors (Lipinski definition) is 5. The van der Waals surface area contributed by atoms with Crippen molar-refractivity contribution in [2.45, 2.75) is 51.6 Å². The normalized spacial score (nSPS) is 18.3. The molecule has 2 heterocycles. The van der Waals surface area contributed by atoms with E-state index in [1.807, 2.05) is 17.8 Å². The van der Waals surface area contributed by atoms with Gasteiger partial charge in [0.1, 0.15) is 5.69 Å². The molecule has 0 bridgehead atoms. The Morgan fingerprint density at radius 3 is 3.00 bits per heavy atom. The summed E-state index contributed by atoms with van der Waals surface area (Å²) >= 11 is 0. The second kappa shape index (κ2) is 10.3. The van der Waals surface area contributed by atoms with Crippen LogP contribution in [0.25, 0.3) is 0 Å². The first kappa shape index (κ1) is 20.4. The number of nitrogens with one attached hydrogen (secondary N) is 2. The van der Waals surface area contributed by atoms with E-state index in [0.29, 0.717) is 31.2 Å². The molecule has 0 spiro atoms. The second-order valence-electron chi connectivity index (χ2n) is 5.90. The van der Waals surface area contributed by atoms with Gasteiger partial charge in [-0.25, -0.2) is 0 Å². The molecule has 2 unspecified atom stereocenters. The topological polar surface area (TPSA) is 85.2 Å². The Hall–Kier alpha value is -1.60. The van der Waals surface area contributed by atoms with Crippen molar-refractivity contribution in [2.24, 2.45) is 0 Å². The molecular weight excluding hydrogens is 332 g/mol. The first-order valence-electron chi connectivity index (χ1n) is 8.32. The van der Waals surface area contributed by atoms with Crippen LogP contribution in [-0.2, 0) is 9.53 Å². The minimum atomic E-state index is -0.234. The van der Waals surface area contributed by atoms with Crippen molar-refractivity contribution in [1.82, 2.24) is 20.4 Å². The summed E-state index contributed by atoms with van der Waals surface area (Å²) in [4.78, 5) is 23.5. The molecule has 2 atom stereocenters. The Labute approximate surface area is 148 Å². The number of piperidine rings is 1. The van der Waals surface area contributed by atoms with Crippen molar-refractivity contribution in [2.75, 3.05) is 19.7 Å². The summed E-state index contributed by atoms with van der Waals surface area (Å²) in [5, 5.41) is 10.6. The maximum atomic E-state index is 12.2. The second-order valence-corrected chi connectivity index (χ2v) is 5.90. The van der Waals surface area contributed by atoms with Crippen LogP contribution in [0.1, 0.15) is 56.1 Å². The van der Waals surface area contributed by atoms with Gasteiger partial charge in [0.15, 0.2) is 0 Å². The number of nitrogens with zero attached hydrogens (tertiary/aromatic N) is 2. The molecule has 0 radical (unpaired) electrons. The molecule has 0 saturated carbocycles. The van der Waals surface area contributed by atoms with Gasteiger partial charge in [-0.1, -0.05) is 0 Å². The van der Waals surface area contributed by atoms with Crippen LogP contribution in [0.15, 0.2) is 12.3 Å². The molecule has 1 amide bonds. The number of esters is 1. The van der Waals surface area contributed by atoms with Gasteiger partial charge in [0, 0.05) is 25.2 Å². The fourth-order valence-electron chi connectivity index (χ4n) is 2.66. The minimum absolute atomic E-state index is 0. The molecule has 1 aromatic rings. The summed E-state index contributed by atoms with van der Waals surface area (Å²) in [7, 11) is 0. The molecule has 1 aromatic heterocycles. The van der Waals surface area contributed by atoms with E-state index in [9.17, 15) is 9.59 Å². The summed E-state index contributed by atoms with van der Waals surface area (Å²) in [6.07, 6.45) is 4.91. The van der Waals surface area contributed by atoms with E-state index in [0.717, 1.165) is 25.9 Å². The fraction of sp³-hybridized carbons (Fsp3) is 0.688. The molecule has 24 heavy (non-hydrogen) atoms. The highest BCUT2D eigenvalue weighted by molar-refractivity contribution is 5.92. The monoisotopic (exact) mass is 358 g/mol. The van der Waals surface area contributed by atoms with Gasteiger partial charge < -0.3 is 15.4 Å². The first-order valence-corrected chi connectivity index (χ1v) is 8.32. The molecule has 0 aromatic carbocycles. The van der Waals surface area contributed by atoms with Crippen LogP contribution in [0.4, 0.5) is 0 Å². The maximum Gasteiger partial charge on any atom is 0.305 e. The third-order valence-electron chi connectivity index (χ3n) is 3.95. The molecule has 7 nitrogen and oxygen atoms in total. The molecule has 2 rings (SSSR count). The smallest absolute Gasteiger partial charge is 0.305 e. The SMILES string of the molecule is CCOC(=O)CCC(C)NC(=O)c1ccn(C2CCCNC2)n1.Cl. The minimum Gasteiger partial charge on any atom is -0.466 e. The van der Waals surface area contributed by atoms with Crippen LogP contribution < -0.4 is 10.6 Å². The average molecular weight is 359 g/mol. The third-order valence-corrected chi connectivity index (χ3v) is 3.95. The Morgan fingerprint density at radius 2 is 2.33 bits per heavy atom. The number of aromatic nitrogens is 2. The zero-order valence-electron chi connectivity index (χ0n) is 14.3. The number of halogens is 1. The predicted molar refractivity (Wildman–Crippen MR) is 93.4 cm³/mol. The van der Waals surface area contributed by atoms with Crippen molar-refractivity contribution in [3.8, 4) is 0 Å². The van der Waals surface area contributed by atoms with Gasteiger partial charge in [-0.2, -0.15) is 5.10 Å². The number of carbonyl (C=O) groups excluding carboxylic acids is 2. The van der Waals surface area contributed by atoms with E-state index >= 15 is 0 Å². The maximum absolute atomic E-state index is 12.2. The molecule has 0 aliphatic carbocycles. The molecule has 136 valence electrons. The molecule has 1 aliphatic rings. The lowest BCUT2D eigenvalue weighted by Crippen LogP contribution is -2.34. The average Bonchev–Trinajstić information content (AvgIpc) is 3.04. The van der Waals surface area contributed by atoms with E-state index in [1.54, 1.807) is 13.0 Å². The van der Waals surface area contributed by atoms with Crippen LogP contribution in [0.2, 0.25) is 0 Å². The van der Waals surface area contributed by atoms with E-state index in [4.69, 9.17) is 4.74 Å². The van der Waals surface area contributed by atoms with E-state index in [1.165, 1.54) is 0 Å². The predicted octanol–water partition coefficient (Wildman–Crippen LogP) is 1.69. The highest BCUT2D eigenvalue weighted by Gasteiger charge is 2.18. The van der Waals surface area contributed by atoms with Gasteiger partial charge in [0.05, 0.1) is 12.6 Å². The lowest BCUT2D eigenvalue weighted by molar-refractivity contribution is -0.143. The lowest BCUT2D eigenvalue weighted by atomic mass is 10.1. The van der Waals surface area contributed by atoms with Crippen LogP contribution >= 0.6 is 12.4 Å². The first-order chi connectivity index (χ1) is 11.1. The number of carbonyl (C=O) groups is 2. The van der Waals surface area contributed by atoms with E-state index in [2.05, 4.69) is 15.7 Å². The van der Waals surface area contributed by atoms with Crippen molar-refractivity contribution in [3.05, 3.63) is 18.0 Å². The summed E-state index contributed by atoms with van der Waals surface area (Å²) in [6, 6.07) is 1.95. The zero-order chi connectivity index (χ0) is 16.7.